The number of hydrogen-bond acceptors (Lipinski definition) is 0. The van der Waals surface area contributed by atoms with Gasteiger partial charge in [-0.25, -0.2) is 0 Å². The Balaban J connectivity index is 0. The van der Waals surface area contributed by atoms with E-state index in [2.05, 4.69) is 0 Å². The first-order chi connectivity index (χ1) is 0. The minimum atomic E-state index is 0. The van der Waals surface area contributed by atoms with E-state index in [0.29, 0.717) is 0 Å². The van der Waals surface area contributed by atoms with Crippen LogP contribution in [0, 0.1) is 0 Å². The molecule has 0 heterocycles. The second-order valence-electron chi connectivity index (χ2n) is 0. The van der Waals surface area contributed by atoms with Crippen LogP contribution < -0.4 is 0 Å². The van der Waals surface area contributed by atoms with Crippen LogP contribution in [0.25, 0.3) is 0 Å². The third-order valence-electron chi connectivity index (χ3n) is 0. The van der Waals surface area contributed by atoms with Crippen LogP contribution >= 0.6 is 0 Å². The fourth-order valence-electron chi connectivity index (χ4n) is 0. The van der Waals surface area contributed by atoms with Gasteiger partial charge in [-0.1, -0.05) is 0 Å². The van der Waals surface area contributed by atoms with Gasteiger partial charge >= 0.3 is 26.6 Å². The Morgan fingerprint density at radius 3 is 0.500 bits per heavy atom. The van der Waals surface area contributed by atoms with E-state index in [1.807, 2.05) is 0 Å². The molecule has 0 atom stereocenters. The van der Waals surface area contributed by atoms with Crippen LogP contribution in [0.3, 0.4) is 0 Å². The molecule has 0 saturated carbocycles. The summed E-state index contributed by atoms with van der Waals surface area (Å²) in [6, 6.07) is 0. The van der Waals surface area contributed by atoms with E-state index >= 15 is 0 Å². The number of halogens is 3. The Labute approximate surface area is 41.1 Å². The Hall–Kier alpha value is 0.686. The summed E-state index contributed by atoms with van der Waals surface area (Å²) in [6.07, 6.45) is 0. The van der Waals surface area contributed by atoms with Gasteiger partial charge in [-0.05, 0) is 0 Å². The minimum absolute atomic E-state index is 0. The molecule has 4 heteroatoms. The molecule has 0 amide bonds. The predicted molar refractivity (Wildman–Crippen MR) is 16.1 cm³/mol. The van der Waals surface area contributed by atoms with Gasteiger partial charge in [0.05, 0.1) is 0 Å². The Kier molecular flexibility index (Phi) is 1910. The third-order valence-corrected chi connectivity index (χ3v) is 0. The van der Waals surface area contributed by atoms with Crippen molar-refractivity contribution in [3.8, 4) is 0 Å². The summed E-state index contributed by atoms with van der Waals surface area (Å²) in [7, 11) is 0. The van der Waals surface area contributed by atoms with E-state index < -0.39 is 0 Å². The summed E-state index contributed by atoms with van der Waals surface area (Å²) in [4.78, 5) is 0. The molecule has 0 spiro atoms. The molecule has 0 unspecified atom stereocenters. The summed E-state index contributed by atoms with van der Waals surface area (Å²) in [5, 5.41) is 0. The van der Waals surface area contributed by atoms with Crippen molar-refractivity contribution in [2.75, 3.05) is 0 Å². The molecule has 0 nitrogen and oxygen atoms in total. The monoisotopic (exact) mass is 271 g/mol. The Morgan fingerprint density at radius 2 is 0.500 bits per heavy atom. The second-order valence-corrected chi connectivity index (χ2v) is 0. The Bertz CT molecular complexity index is 3.25. The molecule has 0 aromatic rings. The molecule has 0 aliphatic carbocycles. The molecule has 0 N–H and O–H groups in total. The van der Waals surface area contributed by atoms with Crippen LogP contribution in [-0.2, 0) is 0 Å². The number of rotatable bonds is 0. The van der Waals surface area contributed by atoms with Crippen molar-refractivity contribution in [1.29, 1.82) is 0 Å². The first kappa shape index (κ1) is 135. The zero-order valence-electron chi connectivity index (χ0n) is 1.72. The van der Waals surface area contributed by atoms with Crippen molar-refractivity contribution in [2.24, 2.45) is 0 Å². The molecule has 32 valence electrons. The van der Waals surface area contributed by atoms with Crippen LogP contribution in [0.5, 0.6) is 0 Å². The molecule has 0 fully saturated rings. The maximum atomic E-state index is 0. The van der Waals surface area contributed by atoms with Crippen molar-refractivity contribution < 1.29 is 14.1 Å². The Morgan fingerprint density at radius 1 is 0.500 bits per heavy atom. The molecule has 4 heavy (non-hydrogen) atoms. The summed E-state index contributed by atoms with van der Waals surface area (Å²) >= 11 is 0. The first-order valence-corrected chi connectivity index (χ1v) is 0. The summed E-state index contributed by atoms with van der Waals surface area (Å²) in [5.41, 5.74) is 0. The van der Waals surface area contributed by atoms with E-state index in [1.165, 1.54) is 0 Å². The van der Waals surface area contributed by atoms with E-state index in [9.17, 15) is 0 Å². The van der Waals surface area contributed by atoms with Crippen LogP contribution in [0.2, 0.25) is 0 Å². The van der Waals surface area contributed by atoms with Gasteiger partial charge in [-0.3, -0.25) is 14.1 Å². The maximum absolute atomic E-state index is 0. The first-order valence-electron chi connectivity index (χ1n) is 0. The molecular weight excluding hydrogens is 266 g/mol. The van der Waals surface area contributed by atoms with E-state index in [4.69, 9.17) is 0 Å². The molecule has 0 rings (SSSR count). The molecule has 0 radical (unpaired) electrons. The average molecular weight is 271 g/mol. The molecule has 0 aliphatic heterocycles. The van der Waals surface area contributed by atoms with Crippen molar-refractivity contribution in [3.63, 3.8) is 0 Å². The van der Waals surface area contributed by atoms with Crippen molar-refractivity contribution in [3.05, 3.63) is 0 Å². The fourth-order valence-corrected chi connectivity index (χ4v) is 0. The van der Waals surface area contributed by atoms with Gasteiger partial charge in [0.15, 0.2) is 0 Å². The van der Waals surface area contributed by atoms with Crippen molar-refractivity contribution >= 4 is 26.6 Å². The molecule has 0 aliphatic rings. The molecule has 0 saturated heterocycles. The van der Waals surface area contributed by atoms with Gasteiger partial charge in [-0.15, -0.1) is 0 Å². The van der Waals surface area contributed by atoms with Gasteiger partial charge in [0.25, 0.3) is 0 Å². The van der Waals surface area contributed by atoms with Gasteiger partial charge in [0.1, 0.15) is 0 Å². The van der Waals surface area contributed by atoms with Gasteiger partial charge in [0.2, 0.25) is 0 Å². The van der Waals surface area contributed by atoms with Crippen LogP contribution in [0.1, 0.15) is 0 Å². The predicted octanol–water partition coefficient (Wildman–Crippen LogP) is -0.459. The van der Waals surface area contributed by atoms with Gasteiger partial charge in [0, 0.05) is 0 Å². The molecule has 0 aromatic heterocycles. The summed E-state index contributed by atoms with van der Waals surface area (Å²) in [6.45, 7) is 0. The van der Waals surface area contributed by atoms with E-state index in [1.54, 1.807) is 0 Å². The van der Waals surface area contributed by atoms with Gasteiger partial charge < -0.3 is 0 Å². The van der Waals surface area contributed by atoms with Crippen LogP contribution in [0.15, 0.2) is 0 Å². The second kappa shape index (κ2) is 56.5. The fraction of sp³-hybridized carbons (Fsp3) is 0. The molecule has 0 bridgehead atoms. The van der Waals surface area contributed by atoms with Crippen molar-refractivity contribution in [1.82, 2.24) is 0 Å². The molecular formula is H5F3Po. The molecule has 0 aromatic carbocycles. The van der Waals surface area contributed by atoms with Crippen LogP contribution in [-0.4, -0.2) is 26.6 Å². The standard InChI is InChI=1S/3FH.Po.2H/h3*1H;;;. The third kappa shape index (κ3) is 16.2. The van der Waals surface area contributed by atoms with Gasteiger partial charge in [-0.2, -0.15) is 0 Å². The van der Waals surface area contributed by atoms with Crippen molar-refractivity contribution in [2.45, 2.75) is 0 Å². The normalized spacial score (nSPS) is 0. The topological polar surface area (TPSA) is 0 Å². The number of hydrogen-bond donors (Lipinski definition) is 0. The van der Waals surface area contributed by atoms with E-state index in [-0.39, 0.29) is 40.7 Å². The summed E-state index contributed by atoms with van der Waals surface area (Å²) in [5.74, 6) is 0. The zero-order chi connectivity index (χ0) is 0. The quantitative estimate of drug-likeness (QED) is 0.559. The SMILES string of the molecule is F.F.F.[PoH2]. The van der Waals surface area contributed by atoms with E-state index in [0.717, 1.165) is 0 Å². The zero-order valence-corrected chi connectivity index (χ0v) is 5.61. The average Bonchev–Trinajstić information content (AvgIpc) is 0. The summed E-state index contributed by atoms with van der Waals surface area (Å²) < 4.78 is 0. The van der Waals surface area contributed by atoms with Crippen LogP contribution in [0.4, 0.5) is 14.1 Å².